The zero-order valence-corrected chi connectivity index (χ0v) is 12.4. The molecule has 1 saturated heterocycles. The van der Waals surface area contributed by atoms with Crippen LogP contribution in [0.3, 0.4) is 0 Å². The van der Waals surface area contributed by atoms with Crippen molar-refractivity contribution in [3.8, 4) is 5.75 Å². The van der Waals surface area contributed by atoms with Gasteiger partial charge in [-0.2, -0.15) is 0 Å². The maximum Gasteiger partial charge on any atom is 0.118 e. The van der Waals surface area contributed by atoms with Gasteiger partial charge in [-0.05, 0) is 37.5 Å². The quantitative estimate of drug-likeness (QED) is 0.905. The minimum Gasteiger partial charge on any atom is -0.497 e. The molecule has 3 heteroatoms. The summed E-state index contributed by atoms with van der Waals surface area (Å²) in [5.41, 5.74) is 0.959. The summed E-state index contributed by atoms with van der Waals surface area (Å²) >= 11 is 0. The number of ether oxygens (including phenoxy) is 2. The fraction of sp³-hybridized carbons (Fsp3) is 0.625. The standard InChI is InChI=1S/C16H25NO2/c1-12(2)17-15-6-5-11-19-16(15,3)13-7-9-14(18-4)10-8-13/h7-10,12,15,17H,5-6,11H2,1-4H3. The molecule has 2 rings (SSSR count). The first-order chi connectivity index (χ1) is 9.06. The summed E-state index contributed by atoms with van der Waals surface area (Å²) < 4.78 is 11.4. The van der Waals surface area contributed by atoms with E-state index in [0.29, 0.717) is 12.1 Å². The largest absolute Gasteiger partial charge is 0.497 e. The number of benzene rings is 1. The Labute approximate surface area is 116 Å². The molecule has 1 aliphatic heterocycles. The number of nitrogens with one attached hydrogen (secondary N) is 1. The van der Waals surface area contributed by atoms with Gasteiger partial charge < -0.3 is 14.8 Å². The highest BCUT2D eigenvalue weighted by Crippen LogP contribution is 2.36. The molecule has 3 nitrogen and oxygen atoms in total. The van der Waals surface area contributed by atoms with E-state index in [2.05, 4.69) is 38.2 Å². The van der Waals surface area contributed by atoms with Crippen molar-refractivity contribution in [1.82, 2.24) is 5.32 Å². The van der Waals surface area contributed by atoms with Crippen molar-refractivity contribution >= 4 is 0 Å². The second-order valence-electron chi connectivity index (χ2n) is 5.70. The lowest BCUT2D eigenvalue weighted by molar-refractivity contribution is -0.0955. The van der Waals surface area contributed by atoms with Gasteiger partial charge in [0, 0.05) is 18.7 Å². The molecule has 0 aliphatic carbocycles. The lowest BCUT2D eigenvalue weighted by Crippen LogP contribution is -2.53. The molecule has 0 aromatic heterocycles. The predicted molar refractivity (Wildman–Crippen MR) is 77.6 cm³/mol. The SMILES string of the molecule is COc1ccc(C2(C)OCCCC2NC(C)C)cc1. The van der Waals surface area contributed by atoms with Gasteiger partial charge >= 0.3 is 0 Å². The average Bonchev–Trinajstić information content (AvgIpc) is 2.41. The van der Waals surface area contributed by atoms with Gasteiger partial charge in [-0.3, -0.25) is 0 Å². The van der Waals surface area contributed by atoms with Crippen LogP contribution >= 0.6 is 0 Å². The first-order valence-corrected chi connectivity index (χ1v) is 7.11. The molecule has 1 heterocycles. The van der Waals surface area contributed by atoms with E-state index in [1.165, 1.54) is 5.56 Å². The molecule has 1 fully saturated rings. The van der Waals surface area contributed by atoms with E-state index in [0.717, 1.165) is 25.2 Å². The molecule has 1 aromatic rings. The second-order valence-corrected chi connectivity index (χ2v) is 5.70. The zero-order valence-electron chi connectivity index (χ0n) is 12.4. The third kappa shape index (κ3) is 3.10. The van der Waals surface area contributed by atoms with Crippen molar-refractivity contribution in [3.05, 3.63) is 29.8 Å². The third-order valence-electron chi connectivity index (χ3n) is 3.90. The van der Waals surface area contributed by atoms with E-state index >= 15 is 0 Å². The van der Waals surface area contributed by atoms with Crippen molar-refractivity contribution in [2.45, 2.75) is 51.3 Å². The van der Waals surface area contributed by atoms with Gasteiger partial charge in [0.1, 0.15) is 11.4 Å². The van der Waals surface area contributed by atoms with Gasteiger partial charge in [-0.15, -0.1) is 0 Å². The van der Waals surface area contributed by atoms with Gasteiger partial charge in [0.15, 0.2) is 0 Å². The van der Waals surface area contributed by atoms with Crippen LogP contribution in [0.2, 0.25) is 0 Å². The molecule has 0 spiro atoms. The van der Waals surface area contributed by atoms with Gasteiger partial charge in [0.2, 0.25) is 0 Å². The van der Waals surface area contributed by atoms with Crippen LogP contribution in [0.5, 0.6) is 5.75 Å². The Bertz CT molecular complexity index is 402. The Hall–Kier alpha value is -1.06. The average molecular weight is 263 g/mol. The van der Waals surface area contributed by atoms with Gasteiger partial charge in [0.05, 0.1) is 7.11 Å². The number of methoxy groups -OCH3 is 1. The molecule has 0 bridgehead atoms. The van der Waals surface area contributed by atoms with E-state index in [9.17, 15) is 0 Å². The molecular weight excluding hydrogens is 238 g/mol. The molecule has 2 unspecified atom stereocenters. The van der Waals surface area contributed by atoms with Gasteiger partial charge in [-0.1, -0.05) is 26.0 Å². The maximum atomic E-state index is 6.14. The fourth-order valence-corrected chi connectivity index (χ4v) is 2.80. The van der Waals surface area contributed by atoms with Crippen LogP contribution < -0.4 is 10.1 Å². The van der Waals surface area contributed by atoms with Crippen molar-refractivity contribution in [3.63, 3.8) is 0 Å². The summed E-state index contributed by atoms with van der Waals surface area (Å²) in [6.45, 7) is 7.39. The summed E-state index contributed by atoms with van der Waals surface area (Å²) in [4.78, 5) is 0. The van der Waals surface area contributed by atoms with Crippen molar-refractivity contribution in [2.24, 2.45) is 0 Å². The Morgan fingerprint density at radius 3 is 2.58 bits per heavy atom. The number of hydrogen-bond donors (Lipinski definition) is 1. The van der Waals surface area contributed by atoms with Crippen LogP contribution in [-0.4, -0.2) is 25.8 Å². The summed E-state index contributed by atoms with van der Waals surface area (Å²) in [5, 5.41) is 3.64. The van der Waals surface area contributed by atoms with Crippen LogP contribution in [0.1, 0.15) is 39.2 Å². The monoisotopic (exact) mass is 263 g/mol. The van der Waals surface area contributed by atoms with Crippen LogP contribution in [0, 0.1) is 0 Å². The fourth-order valence-electron chi connectivity index (χ4n) is 2.80. The molecule has 2 atom stereocenters. The van der Waals surface area contributed by atoms with Crippen LogP contribution in [0.4, 0.5) is 0 Å². The predicted octanol–water partition coefficient (Wildman–Crippen LogP) is 3.09. The van der Waals surface area contributed by atoms with E-state index in [-0.39, 0.29) is 5.60 Å². The smallest absolute Gasteiger partial charge is 0.118 e. The molecule has 0 saturated carbocycles. The summed E-state index contributed by atoms with van der Waals surface area (Å²) in [6, 6.07) is 9.05. The summed E-state index contributed by atoms with van der Waals surface area (Å²) in [6.07, 6.45) is 2.27. The highest BCUT2D eigenvalue weighted by molar-refractivity contribution is 5.32. The minimum atomic E-state index is -0.255. The van der Waals surface area contributed by atoms with Crippen molar-refractivity contribution < 1.29 is 9.47 Å². The third-order valence-corrected chi connectivity index (χ3v) is 3.90. The molecule has 106 valence electrons. The van der Waals surface area contributed by atoms with E-state index in [4.69, 9.17) is 9.47 Å². The summed E-state index contributed by atoms with van der Waals surface area (Å²) in [5.74, 6) is 0.886. The highest BCUT2D eigenvalue weighted by Gasteiger charge is 2.39. The highest BCUT2D eigenvalue weighted by atomic mass is 16.5. The topological polar surface area (TPSA) is 30.5 Å². The molecule has 1 aromatic carbocycles. The lowest BCUT2D eigenvalue weighted by atomic mass is 9.83. The normalized spacial score (nSPS) is 27.5. The Balaban J connectivity index is 2.25. The zero-order chi connectivity index (χ0) is 13.9. The van der Waals surface area contributed by atoms with Crippen LogP contribution in [0.25, 0.3) is 0 Å². The van der Waals surface area contributed by atoms with Crippen molar-refractivity contribution in [1.29, 1.82) is 0 Å². The molecule has 0 radical (unpaired) electrons. The Kier molecular flexibility index (Phi) is 4.48. The lowest BCUT2D eigenvalue weighted by Gasteiger charge is -2.43. The molecule has 1 aliphatic rings. The molecular formula is C16H25NO2. The summed E-state index contributed by atoms with van der Waals surface area (Å²) in [7, 11) is 1.69. The Morgan fingerprint density at radius 2 is 2.00 bits per heavy atom. The van der Waals surface area contributed by atoms with E-state index in [1.807, 2.05) is 12.1 Å². The van der Waals surface area contributed by atoms with Gasteiger partial charge in [0.25, 0.3) is 0 Å². The Morgan fingerprint density at radius 1 is 1.32 bits per heavy atom. The molecule has 0 amide bonds. The van der Waals surface area contributed by atoms with Crippen LogP contribution in [0.15, 0.2) is 24.3 Å². The minimum absolute atomic E-state index is 0.255. The van der Waals surface area contributed by atoms with Crippen molar-refractivity contribution in [2.75, 3.05) is 13.7 Å². The second kappa shape index (κ2) is 5.93. The molecule has 1 N–H and O–H groups in total. The number of rotatable bonds is 4. The van der Waals surface area contributed by atoms with Gasteiger partial charge in [-0.25, -0.2) is 0 Å². The van der Waals surface area contributed by atoms with E-state index < -0.39 is 0 Å². The van der Waals surface area contributed by atoms with E-state index in [1.54, 1.807) is 7.11 Å². The first kappa shape index (κ1) is 14.4. The van der Waals surface area contributed by atoms with Crippen LogP contribution in [-0.2, 0) is 10.3 Å². The maximum absolute atomic E-state index is 6.14. The molecule has 19 heavy (non-hydrogen) atoms. The first-order valence-electron chi connectivity index (χ1n) is 7.11. The number of hydrogen-bond acceptors (Lipinski definition) is 3.